The molecule has 0 aromatic carbocycles. The topological polar surface area (TPSA) is 9.23 Å². The fraction of sp³-hybridized carbons (Fsp3) is 1.00. The first-order valence-corrected chi connectivity index (χ1v) is 3.53. The quantitative estimate of drug-likeness (QED) is 0.557. The zero-order valence-corrected chi connectivity index (χ0v) is 6.20. The Morgan fingerprint density at radius 2 is 2.00 bits per heavy atom. The molecule has 0 aromatic rings. The first-order valence-electron chi connectivity index (χ1n) is 1.70. The van der Waals surface area contributed by atoms with E-state index in [0.717, 1.165) is 6.61 Å². The summed E-state index contributed by atoms with van der Waals surface area (Å²) in [5.41, 5.74) is 0. The Kier molecular flexibility index (Phi) is 1.52. The van der Waals surface area contributed by atoms with Gasteiger partial charge in [-0.15, -0.1) is 0 Å². The van der Waals surface area contributed by atoms with Crippen molar-refractivity contribution in [1.82, 2.24) is 0 Å². The molecule has 0 radical (unpaired) electrons. The van der Waals surface area contributed by atoms with E-state index in [-0.39, 0.29) is 5.01 Å². The van der Waals surface area contributed by atoms with Crippen molar-refractivity contribution in [1.29, 1.82) is 0 Å². The van der Waals surface area contributed by atoms with Gasteiger partial charge in [0.05, 0.1) is 11.4 Å². The molecule has 0 N–H and O–H groups in total. The molecule has 1 saturated heterocycles. The molecule has 3 heteroatoms. The fourth-order valence-electron chi connectivity index (χ4n) is 0.242. The average Bonchev–Trinajstić information content (AvgIpc) is 1.61. The minimum absolute atomic E-state index is 0.262. The lowest BCUT2D eigenvalue weighted by molar-refractivity contribution is 0.0263. The van der Waals surface area contributed by atoms with Gasteiger partial charge in [-0.1, -0.05) is 31.9 Å². The Hall–Kier alpha value is 0.920. The van der Waals surface area contributed by atoms with E-state index in [1.165, 1.54) is 0 Å². The van der Waals surface area contributed by atoms with Crippen LogP contribution in [0.15, 0.2) is 0 Å². The molecule has 0 aromatic heterocycles. The summed E-state index contributed by atoms with van der Waals surface area (Å²) < 4.78 is 4.91. The molecule has 1 heterocycles. The van der Waals surface area contributed by atoms with Gasteiger partial charge in [-0.3, -0.25) is 0 Å². The minimum Gasteiger partial charge on any atom is -0.364 e. The maximum absolute atomic E-state index is 4.91. The summed E-state index contributed by atoms with van der Waals surface area (Å²) in [6.07, 6.45) is 0. The second-order valence-corrected chi connectivity index (χ2v) is 3.28. The van der Waals surface area contributed by atoms with Crippen molar-refractivity contribution in [2.45, 2.75) is 9.84 Å². The van der Waals surface area contributed by atoms with Crippen molar-refractivity contribution in [3.05, 3.63) is 0 Å². The smallest absolute Gasteiger partial charge is 0.127 e. The normalized spacial score (nSPS) is 45.0. The third-order valence-electron chi connectivity index (χ3n) is 0.699. The molecule has 2 unspecified atom stereocenters. The van der Waals surface area contributed by atoms with Gasteiger partial charge in [0, 0.05) is 0 Å². The molecular formula is C3H4Br2O. The summed E-state index contributed by atoms with van der Waals surface area (Å²) in [5.74, 6) is 0. The van der Waals surface area contributed by atoms with Gasteiger partial charge in [0.25, 0.3) is 0 Å². The van der Waals surface area contributed by atoms with E-state index >= 15 is 0 Å². The van der Waals surface area contributed by atoms with Gasteiger partial charge in [-0.25, -0.2) is 0 Å². The number of hydrogen-bond donors (Lipinski definition) is 0. The largest absolute Gasteiger partial charge is 0.364 e. The Labute approximate surface area is 53.3 Å². The van der Waals surface area contributed by atoms with Crippen LogP contribution >= 0.6 is 31.9 Å². The van der Waals surface area contributed by atoms with E-state index in [4.69, 9.17) is 4.74 Å². The highest BCUT2D eigenvalue weighted by Gasteiger charge is 2.25. The van der Waals surface area contributed by atoms with Crippen LogP contribution in [-0.4, -0.2) is 16.4 Å². The molecule has 1 nitrogen and oxygen atoms in total. The molecule has 6 heavy (non-hydrogen) atoms. The number of ether oxygens (including phenoxy) is 1. The number of alkyl halides is 2. The number of rotatable bonds is 0. The highest BCUT2D eigenvalue weighted by Crippen LogP contribution is 2.24. The van der Waals surface area contributed by atoms with Crippen LogP contribution in [0.5, 0.6) is 0 Å². The highest BCUT2D eigenvalue weighted by molar-refractivity contribution is 9.12. The molecule has 1 aliphatic heterocycles. The second-order valence-electron chi connectivity index (χ2n) is 1.20. The van der Waals surface area contributed by atoms with Gasteiger partial charge in [-0.2, -0.15) is 0 Å². The molecule has 36 valence electrons. The van der Waals surface area contributed by atoms with Crippen LogP contribution in [0.25, 0.3) is 0 Å². The van der Waals surface area contributed by atoms with Gasteiger partial charge >= 0.3 is 0 Å². The van der Waals surface area contributed by atoms with Crippen LogP contribution < -0.4 is 0 Å². The standard InChI is InChI=1S/C3H4Br2O/c4-2-1-6-3(2)5/h2-3H,1H2. The average molecular weight is 216 g/mol. The molecule has 0 amide bonds. The molecule has 0 spiro atoms. The minimum atomic E-state index is 0.262. The lowest BCUT2D eigenvalue weighted by atomic mass is 10.4. The Morgan fingerprint density at radius 1 is 1.50 bits per heavy atom. The summed E-state index contributed by atoms with van der Waals surface area (Å²) in [6.45, 7) is 0.843. The maximum Gasteiger partial charge on any atom is 0.127 e. The molecular weight excluding hydrogens is 212 g/mol. The van der Waals surface area contributed by atoms with Crippen molar-refractivity contribution < 1.29 is 4.74 Å². The van der Waals surface area contributed by atoms with Crippen LogP contribution in [0.2, 0.25) is 0 Å². The van der Waals surface area contributed by atoms with Gasteiger partial charge in [0.1, 0.15) is 5.01 Å². The first kappa shape index (κ1) is 5.06. The number of hydrogen-bond acceptors (Lipinski definition) is 1. The van der Waals surface area contributed by atoms with Gasteiger partial charge in [0.15, 0.2) is 0 Å². The van der Waals surface area contributed by atoms with E-state index in [9.17, 15) is 0 Å². The Morgan fingerprint density at radius 3 is 2.00 bits per heavy atom. The van der Waals surface area contributed by atoms with Crippen molar-refractivity contribution in [2.24, 2.45) is 0 Å². The first-order chi connectivity index (χ1) is 2.80. The molecule has 1 rings (SSSR count). The summed E-state index contributed by atoms with van der Waals surface area (Å²) in [7, 11) is 0. The second kappa shape index (κ2) is 1.80. The summed E-state index contributed by atoms with van der Waals surface area (Å²) in [6, 6.07) is 0. The fourth-order valence-corrected chi connectivity index (χ4v) is 0.852. The molecule has 0 aliphatic carbocycles. The van der Waals surface area contributed by atoms with Crippen molar-refractivity contribution >= 4 is 31.9 Å². The van der Waals surface area contributed by atoms with Crippen molar-refractivity contribution in [3.63, 3.8) is 0 Å². The maximum atomic E-state index is 4.91. The van der Waals surface area contributed by atoms with Crippen LogP contribution in [0, 0.1) is 0 Å². The van der Waals surface area contributed by atoms with Crippen LogP contribution in [0.4, 0.5) is 0 Å². The predicted molar refractivity (Wildman–Crippen MR) is 31.4 cm³/mol. The van der Waals surface area contributed by atoms with Gasteiger partial charge in [0.2, 0.25) is 0 Å². The van der Waals surface area contributed by atoms with E-state index in [2.05, 4.69) is 31.9 Å². The van der Waals surface area contributed by atoms with E-state index < -0.39 is 0 Å². The van der Waals surface area contributed by atoms with Crippen LogP contribution in [0.3, 0.4) is 0 Å². The van der Waals surface area contributed by atoms with E-state index in [0.29, 0.717) is 4.83 Å². The number of halogens is 2. The Balaban J connectivity index is 2.20. The lowest BCUT2D eigenvalue weighted by Gasteiger charge is -2.26. The van der Waals surface area contributed by atoms with Crippen LogP contribution in [0.1, 0.15) is 0 Å². The lowest BCUT2D eigenvalue weighted by Crippen LogP contribution is -2.34. The SMILES string of the molecule is BrC1COC1Br. The summed E-state index contributed by atoms with van der Waals surface area (Å²) >= 11 is 6.61. The molecule has 0 bridgehead atoms. The van der Waals surface area contributed by atoms with Gasteiger partial charge < -0.3 is 4.74 Å². The third kappa shape index (κ3) is 0.768. The third-order valence-corrected chi connectivity index (χ3v) is 3.06. The Bertz CT molecular complexity index is 48.8. The van der Waals surface area contributed by atoms with Crippen molar-refractivity contribution in [2.75, 3.05) is 6.61 Å². The zero-order valence-electron chi connectivity index (χ0n) is 3.03. The predicted octanol–water partition coefficient (Wildman–Crippen LogP) is 1.50. The summed E-state index contributed by atoms with van der Waals surface area (Å²) in [5, 5.41) is 0.262. The summed E-state index contributed by atoms with van der Waals surface area (Å²) in [4.78, 5) is 0.539. The highest BCUT2D eigenvalue weighted by atomic mass is 79.9. The molecule has 0 saturated carbocycles. The molecule has 1 fully saturated rings. The van der Waals surface area contributed by atoms with E-state index in [1.54, 1.807) is 0 Å². The monoisotopic (exact) mass is 214 g/mol. The zero-order chi connectivity index (χ0) is 4.57. The van der Waals surface area contributed by atoms with Crippen LogP contribution in [-0.2, 0) is 4.74 Å². The molecule has 2 atom stereocenters. The van der Waals surface area contributed by atoms with Crippen molar-refractivity contribution in [3.8, 4) is 0 Å². The van der Waals surface area contributed by atoms with Gasteiger partial charge in [-0.05, 0) is 0 Å². The van der Waals surface area contributed by atoms with E-state index in [1.807, 2.05) is 0 Å². The molecule has 1 aliphatic rings.